The van der Waals surface area contributed by atoms with Crippen LogP contribution in [0.2, 0.25) is 0 Å². The molecule has 0 spiro atoms. The van der Waals surface area contributed by atoms with Gasteiger partial charge in [-0.05, 0) is 11.1 Å². The summed E-state index contributed by atoms with van der Waals surface area (Å²) in [5, 5.41) is 0. The third-order valence-electron chi connectivity index (χ3n) is 2.25. The van der Waals surface area contributed by atoms with E-state index in [0.29, 0.717) is 5.56 Å². The summed E-state index contributed by atoms with van der Waals surface area (Å²) in [6.45, 7) is 0. The Labute approximate surface area is 79.4 Å². The molecule has 0 radical (unpaired) electrons. The summed E-state index contributed by atoms with van der Waals surface area (Å²) in [6.07, 6.45) is 0.859. The SMILES string of the molecule is FC(F)=C(F)C1C=Cc2ccccc21. The summed E-state index contributed by atoms with van der Waals surface area (Å²) in [5.74, 6) is -2.26. The number of hydrogen-bond donors (Lipinski definition) is 0. The number of allylic oxidation sites excluding steroid dienone is 2. The maximum Gasteiger partial charge on any atom is 0.302 e. The molecule has 1 aliphatic carbocycles. The molecule has 1 aliphatic rings. The highest BCUT2D eigenvalue weighted by Gasteiger charge is 2.24. The van der Waals surface area contributed by atoms with Crippen molar-refractivity contribution in [3.05, 3.63) is 53.4 Å². The van der Waals surface area contributed by atoms with Crippen LogP contribution in [-0.2, 0) is 0 Å². The Morgan fingerprint density at radius 2 is 1.79 bits per heavy atom. The molecule has 14 heavy (non-hydrogen) atoms. The van der Waals surface area contributed by atoms with Crippen LogP contribution < -0.4 is 0 Å². The molecular weight excluding hydrogens is 189 g/mol. The first kappa shape index (κ1) is 9.06. The minimum absolute atomic E-state index is 0.595. The average molecular weight is 196 g/mol. The fraction of sp³-hybridized carbons (Fsp3) is 0.0909. The second-order valence-electron chi connectivity index (χ2n) is 3.07. The second-order valence-corrected chi connectivity index (χ2v) is 3.07. The van der Waals surface area contributed by atoms with Crippen LogP contribution in [0.3, 0.4) is 0 Å². The van der Waals surface area contributed by atoms with E-state index in [2.05, 4.69) is 0 Å². The van der Waals surface area contributed by atoms with E-state index >= 15 is 0 Å². The maximum atomic E-state index is 13.0. The van der Waals surface area contributed by atoms with Crippen LogP contribution in [0.4, 0.5) is 13.2 Å². The van der Waals surface area contributed by atoms with Gasteiger partial charge in [0.2, 0.25) is 0 Å². The highest BCUT2D eigenvalue weighted by Crippen LogP contribution is 2.37. The van der Waals surface area contributed by atoms with Crippen LogP contribution in [0.1, 0.15) is 17.0 Å². The van der Waals surface area contributed by atoms with Crippen LogP contribution >= 0.6 is 0 Å². The molecule has 3 heteroatoms. The second kappa shape index (κ2) is 3.33. The van der Waals surface area contributed by atoms with Gasteiger partial charge in [0.15, 0.2) is 5.83 Å². The lowest BCUT2D eigenvalue weighted by Crippen LogP contribution is -1.94. The van der Waals surface area contributed by atoms with E-state index in [9.17, 15) is 13.2 Å². The van der Waals surface area contributed by atoms with Gasteiger partial charge >= 0.3 is 6.08 Å². The predicted octanol–water partition coefficient (Wildman–Crippen LogP) is 3.87. The van der Waals surface area contributed by atoms with E-state index < -0.39 is 17.8 Å². The van der Waals surface area contributed by atoms with E-state index in [4.69, 9.17) is 0 Å². The van der Waals surface area contributed by atoms with Gasteiger partial charge in [0.1, 0.15) is 0 Å². The molecule has 72 valence electrons. The molecule has 0 nitrogen and oxygen atoms in total. The van der Waals surface area contributed by atoms with E-state index in [-0.39, 0.29) is 0 Å². The van der Waals surface area contributed by atoms with Gasteiger partial charge in [-0.1, -0.05) is 36.4 Å². The molecule has 2 rings (SSSR count). The highest BCUT2D eigenvalue weighted by molar-refractivity contribution is 5.64. The smallest absolute Gasteiger partial charge is 0.205 e. The van der Waals surface area contributed by atoms with Crippen LogP contribution in [-0.4, -0.2) is 0 Å². The molecule has 0 saturated carbocycles. The minimum atomic E-state index is -2.24. The average Bonchev–Trinajstić information content (AvgIpc) is 2.60. The Kier molecular flexibility index (Phi) is 2.15. The van der Waals surface area contributed by atoms with Gasteiger partial charge in [-0.25, -0.2) is 4.39 Å². The first-order valence-electron chi connectivity index (χ1n) is 4.18. The Morgan fingerprint density at radius 1 is 1.07 bits per heavy atom. The molecule has 0 aliphatic heterocycles. The lowest BCUT2D eigenvalue weighted by Gasteiger charge is -2.06. The number of hydrogen-bond acceptors (Lipinski definition) is 0. The fourth-order valence-electron chi connectivity index (χ4n) is 1.59. The van der Waals surface area contributed by atoms with Crippen LogP contribution in [0, 0.1) is 0 Å². The molecule has 0 bridgehead atoms. The van der Waals surface area contributed by atoms with Crippen molar-refractivity contribution in [1.29, 1.82) is 0 Å². The Bertz CT molecular complexity index is 414. The molecule has 0 heterocycles. The first-order chi connectivity index (χ1) is 6.70. The number of rotatable bonds is 1. The molecule has 0 saturated heterocycles. The molecule has 0 N–H and O–H groups in total. The van der Waals surface area contributed by atoms with Gasteiger partial charge in [0.05, 0.1) is 5.92 Å². The number of halogens is 3. The largest absolute Gasteiger partial charge is 0.302 e. The van der Waals surface area contributed by atoms with Crippen LogP contribution in [0.5, 0.6) is 0 Å². The van der Waals surface area contributed by atoms with Gasteiger partial charge in [0.25, 0.3) is 0 Å². The van der Waals surface area contributed by atoms with E-state index in [1.54, 1.807) is 30.3 Å². The summed E-state index contributed by atoms with van der Waals surface area (Å²) in [6, 6.07) is 6.93. The zero-order valence-electron chi connectivity index (χ0n) is 7.18. The lowest BCUT2D eigenvalue weighted by molar-refractivity contribution is 0.369. The van der Waals surface area contributed by atoms with Crippen molar-refractivity contribution in [3.8, 4) is 0 Å². The van der Waals surface area contributed by atoms with E-state index in [1.165, 1.54) is 6.08 Å². The lowest BCUT2D eigenvalue weighted by atomic mass is 10.00. The Hall–Kier alpha value is -1.51. The third-order valence-corrected chi connectivity index (χ3v) is 2.25. The van der Waals surface area contributed by atoms with E-state index in [1.807, 2.05) is 0 Å². The topological polar surface area (TPSA) is 0 Å². The summed E-state index contributed by atoms with van der Waals surface area (Å²) in [7, 11) is 0. The molecule has 0 amide bonds. The zero-order chi connectivity index (χ0) is 10.1. The maximum absolute atomic E-state index is 13.0. The van der Waals surface area contributed by atoms with Crippen molar-refractivity contribution in [1.82, 2.24) is 0 Å². The summed E-state index contributed by atoms with van der Waals surface area (Å²) in [5.41, 5.74) is 1.40. The van der Waals surface area contributed by atoms with Crippen molar-refractivity contribution >= 4 is 6.08 Å². The standard InChI is InChI=1S/C11H7F3/c12-10(11(13)14)9-6-5-7-3-1-2-4-8(7)9/h1-6,9H. The van der Waals surface area contributed by atoms with E-state index in [0.717, 1.165) is 5.56 Å². The minimum Gasteiger partial charge on any atom is -0.205 e. The monoisotopic (exact) mass is 196 g/mol. The van der Waals surface area contributed by atoms with Crippen molar-refractivity contribution in [2.75, 3.05) is 0 Å². The summed E-state index contributed by atoms with van der Waals surface area (Å²) in [4.78, 5) is 0. The van der Waals surface area contributed by atoms with Crippen molar-refractivity contribution in [3.63, 3.8) is 0 Å². The predicted molar refractivity (Wildman–Crippen MR) is 48.6 cm³/mol. The number of benzene rings is 1. The molecule has 1 aromatic carbocycles. The van der Waals surface area contributed by atoms with Gasteiger partial charge < -0.3 is 0 Å². The van der Waals surface area contributed by atoms with Gasteiger partial charge in [-0.3, -0.25) is 0 Å². The molecule has 1 unspecified atom stereocenters. The molecule has 1 aromatic rings. The molecule has 1 atom stereocenters. The molecular formula is C11H7F3. The Morgan fingerprint density at radius 3 is 2.50 bits per heavy atom. The summed E-state index contributed by atoms with van der Waals surface area (Å²) < 4.78 is 37.1. The third kappa shape index (κ3) is 1.35. The Balaban J connectivity index is 2.45. The van der Waals surface area contributed by atoms with Crippen LogP contribution in [0.15, 0.2) is 42.2 Å². The first-order valence-corrected chi connectivity index (χ1v) is 4.18. The van der Waals surface area contributed by atoms with Crippen LogP contribution in [0.25, 0.3) is 6.08 Å². The molecule has 0 fully saturated rings. The normalized spacial score (nSPS) is 18.1. The zero-order valence-corrected chi connectivity index (χ0v) is 7.18. The highest BCUT2D eigenvalue weighted by atomic mass is 19.3. The number of fused-ring (bicyclic) bond motifs is 1. The van der Waals surface area contributed by atoms with Crippen molar-refractivity contribution in [2.24, 2.45) is 0 Å². The van der Waals surface area contributed by atoms with Crippen molar-refractivity contribution in [2.45, 2.75) is 5.92 Å². The summed E-state index contributed by atoms with van der Waals surface area (Å²) >= 11 is 0. The van der Waals surface area contributed by atoms with Gasteiger partial charge in [0, 0.05) is 0 Å². The van der Waals surface area contributed by atoms with Gasteiger partial charge in [-0.15, -0.1) is 0 Å². The van der Waals surface area contributed by atoms with Gasteiger partial charge in [-0.2, -0.15) is 8.78 Å². The van der Waals surface area contributed by atoms with Crippen molar-refractivity contribution < 1.29 is 13.2 Å². The fourth-order valence-corrected chi connectivity index (χ4v) is 1.59. The molecule has 0 aromatic heterocycles. The quantitative estimate of drug-likeness (QED) is 0.639.